The number of aryl methyl sites for hydroxylation is 1. The molecule has 0 radical (unpaired) electrons. The zero-order valence-electron chi connectivity index (χ0n) is 12.9. The first kappa shape index (κ1) is 15.9. The molecule has 0 unspecified atom stereocenters. The molecule has 0 bridgehead atoms. The van der Waals surface area contributed by atoms with Crippen molar-refractivity contribution >= 4 is 17.7 Å². The average Bonchev–Trinajstić information content (AvgIpc) is 2.44. The molecule has 1 heterocycles. The summed E-state index contributed by atoms with van der Waals surface area (Å²) in [6, 6.07) is 5.82. The van der Waals surface area contributed by atoms with Gasteiger partial charge in [-0.3, -0.25) is 4.79 Å². The van der Waals surface area contributed by atoms with Crippen LogP contribution in [0.25, 0.3) is 0 Å². The minimum Gasteiger partial charge on any atom is -0.336 e. The summed E-state index contributed by atoms with van der Waals surface area (Å²) >= 11 is 1.92. The molecule has 0 atom stereocenters. The van der Waals surface area contributed by atoms with Crippen molar-refractivity contribution in [2.45, 2.75) is 25.5 Å². The summed E-state index contributed by atoms with van der Waals surface area (Å²) < 4.78 is 0.112. The highest BCUT2D eigenvalue weighted by atomic mass is 32.2. The van der Waals surface area contributed by atoms with Gasteiger partial charge in [0.2, 0.25) is 0 Å². The highest BCUT2D eigenvalue weighted by Crippen LogP contribution is 2.30. The van der Waals surface area contributed by atoms with Crippen molar-refractivity contribution in [3.63, 3.8) is 0 Å². The Bertz CT molecular complexity index is 599. The van der Waals surface area contributed by atoms with E-state index in [1.807, 2.05) is 41.8 Å². The van der Waals surface area contributed by atoms with Gasteiger partial charge in [0.25, 0.3) is 5.91 Å². The standard InChI is InChI=1S/C17H22N2OS/c1-13-6-7-14(5-4-8-18)15(11-13)16(20)19-9-10-21-17(2,3)12-19/h6-7,11H,8-10,12,18H2,1-3H3. The maximum absolute atomic E-state index is 12.8. The van der Waals surface area contributed by atoms with Gasteiger partial charge in [-0.25, -0.2) is 0 Å². The molecule has 2 N–H and O–H groups in total. The SMILES string of the molecule is Cc1ccc(C#CCN)c(C(=O)N2CCSC(C)(C)C2)c1. The molecule has 21 heavy (non-hydrogen) atoms. The van der Waals surface area contributed by atoms with Gasteiger partial charge in [-0.15, -0.1) is 0 Å². The number of benzene rings is 1. The van der Waals surface area contributed by atoms with Crippen LogP contribution in [0.5, 0.6) is 0 Å². The fourth-order valence-corrected chi connectivity index (χ4v) is 3.56. The lowest BCUT2D eigenvalue weighted by molar-refractivity contribution is 0.0747. The Morgan fingerprint density at radius 2 is 2.24 bits per heavy atom. The highest BCUT2D eigenvalue weighted by molar-refractivity contribution is 8.00. The molecule has 1 aliphatic heterocycles. The van der Waals surface area contributed by atoms with E-state index in [9.17, 15) is 4.79 Å². The first-order chi connectivity index (χ1) is 9.93. The summed E-state index contributed by atoms with van der Waals surface area (Å²) in [5.41, 5.74) is 7.97. The molecule has 1 saturated heterocycles. The van der Waals surface area contributed by atoms with Gasteiger partial charge < -0.3 is 10.6 Å². The number of carbonyl (C=O) groups is 1. The quantitative estimate of drug-likeness (QED) is 0.810. The van der Waals surface area contributed by atoms with E-state index in [1.165, 1.54) is 0 Å². The molecule has 2 rings (SSSR count). The topological polar surface area (TPSA) is 46.3 Å². The number of hydrogen-bond acceptors (Lipinski definition) is 3. The van der Waals surface area contributed by atoms with Gasteiger partial charge >= 0.3 is 0 Å². The van der Waals surface area contributed by atoms with Gasteiger partial charge in [-0.1, -0.05) is 23.5 Å². The zero-order chi connectivity index (χ0) is 15.5. The Hall–Kier alpha value is -1.44. The average molecular weight is 302 g/mol. The van der Waals surface area contributed by atoms with E-state index in [0.717, 1.165) is 30.0 Å². The minimum absolute atomic E-state index is 0.0772. The molecule has 1 aliphatic rings. The molecule has 0 aromatic heterocycles. The first-order valence-corrected chi connectivity index (χ1v) is 8.14. The number of nitrogens with zero attached hydrogens (tertiary/aromatic N) is 1. The predicted octanol–water partition coefficient (Wildman–Crippen LogP) is 2.27. The molecule has 1 aromatic carbocycles. The van der Waals surface area contributed by atoms with E-state index >= 15 is 0 Å². The van der Waals surface area contributed by atoms with Crippen molar-refractivity contribution in [3.8, 4) is 11.8 Å². The smallest absolute Gasteiger partial charge is 0.255 e. The fourth-order valence-electron chi connectivity index (χ4n) is 2.45. The monoisotopic (exact) mass is 302 g/mol. The summed E-state index contributed by atoms with van der Waals surface area (Å²) in [4.78, 5) is 14.8. The van der Waals surface area contributed by atoms with Crippen LogP contribution in [-0.4, -0.2) is 40.9 Å². The van der Waals surface area contributed by atoms with Gasteiger partial charge in [-0.2, -0.15) is 11.8 Å². The molecule has 1 amide bonds. The van der Waals surface area contributed by atoms with Crippen molar-refractivity contribution in [2.75, 3.05) is 25.4 Å². The van der Waals surface area contributed by atoms with Crippen LogP contribution in [0.3, 0.4) is 0 Å². The Labute approximate surface area is 131 Å². The van der Waals surface area contributed by atoms with E-state index in [2.05, 4.69) is 25.7 Å². The number of hydrogen-bond donors (Lipinski definition) is 1. The summed E-state index contributed by atoms with van der Waals surface area (Å²) in [5.74, 6) is 6.91. The van der Waals surface area contributed by atoms with Crippen LogP contribution in [0.15, 0.2) is 18.2 Å². The van der Waals surface area contributed by atoms with Crippen molar-refractivity contribution < 1.29 is 4.79 Å². The van der Waals surface area contributed by atoms with Crippen molar-refractivity contribution in [2.24, 2.45) is 5.73 Å². The highest BCUT2D eigenvalue weighted by Gasteiger charge is 2.30. The molecule has 112 valence electrons. The maximum atomic E-state index is 12.8. The summed E-state index contributed by atoms with van der Waals surface area (Å²) in [6.45, 7) is 8.23. The number of thioether (sulfide) groups is 1. The second-order valence-electron chi connectivity index (χ2n) is 5.89. The molecule has 0 aliphatic carbocycles. The molecule has 0 saturated carbocycles. The first-order valence-electron chi connectivity index (χ1n) is 7.16. The second-order valence-corrected chi connectivity index (χ2v) is 7.69. The lowest BCUT2D eigenvalue weighted by atomic mass is 10.0. The van der Waals surface area contributed by atoms with E-state index in [-0.39, 0.29) is 10.7 Å². The fraction of sp³-hybridized carbons (Fsp3) is 0.471. The van der Waals surface area contributed by atoms with Gasteiger partial charge in [0.05, 0.1) is 12.1 Å². The van der Waals surface area contributed by atoms with Crippen molar-refractivity contribution in [1.29, 1.82) is 0 Å². The van der Waals surface area contributed by atoms with Crippen molar-refractivity contribution in [3.05, 3.63) is 34.9 Å². The van der Waals surface area contributed by atoms with Gasteiger partial charge in [0.1, 0.15) is 0 Å². The minimum atomic E-state index is 0.0772. The maximum Gasteiger partial charge on any atom is 0.255 e. The third-order valence-electron chi connectivity index (χ3n) is 3.44. The van der Waals surface area contributed by atoms with Gasteiger partial charge in [0.15, 0.2) is 0 Å². The van der Waals surface area contributed by atoms with Crippen LogP contribution in [-0.2, 0) is 0 Å². The molecular weight excluding hydrogens is 280 g/mol. The van der Waals surface area contributed by atoms with Crippen molar-refractivity contribution in [1.82, 2.24) is 4.90 Å². The Morgan fingerprint density at radius 3 is 2.90 bits per heavy atom. The Balaban J connectivity index is 2.31. The normalized spacial score (nSPS) is 17.0. The third-order valence-corrected chi connectivity index (χ3v) is 4.74. The van der Waals surface area contributed by atoms with Crippen LogP contribution in [0.4, 0.5) is 0 Å². The van der Waals surface area contributed by atoms with E-state index in [1.54, 1.807) is 0 Å². The summed E-state index contributed by atoms with van der Waals surface area (Å²) in [5, 5.41) is 0. The molecule has 1 aromatic rings. The van der Waals surface area contributed by atoms with Crippen LogP contribution in [0.2, 0.25) is 0 Å². The van der Waals surface area contributed by atoms with E-state index < -0.39 is 0 Å². The van der Waals surface area contributed by atoms with Crippen LogP contribution < -0.4 is 5.73 Å². The lowest BCUT2D eigenvalue weighted by Gasteiger charge is -2.37. The van der Waals surface area contributed by atoms with Crippen LogP contribution in [0, 0.1) is 18.8 Å². The van der Waals surface area contributed by atoms with E-state index in [4.69, 9.17) is 5.73 Å². The van der Waals surface area contributed by atoms with Gasteiger partial charge in [0, 0.05) is 29.2 Å². The van der Waals surface area contributed by atoms with Crippen LogP contribution in [0.1, 0.15) is 35.3 Å². The third kappa shape index (κ3) is 4.03. The Kier molecular flexibility index (Phi) is 4.97. The Morgan fingerprint density at radius 1 is 1.48 bits per heavy atom. The second kappa shape index (κ2) is 6.55. The largest absolute Gasteiger partial charge is 0.336 e. The molecule has 0 spiro atoms. The van der Waals surface area contributed by atoms with E-state index in [0.29, 0.717) is 12.1 Å². The lowest BCUT2D eigenvalue weighted by Crippen LogP contribution is -2.46. The number of rotatable bonds is 1. The summed E-state index contributed by atoms with van der Waals surface area (Å²) in [7, 11) is 0. The molecule has 3 nitrogen and oxygen atoms in total. The molecule has 4 heteroatoms. The number of carbonyl (C=O) groups excluding carboxylic acids is 1. The zero-order valence-corrected chi connectivity index (χ0v) is 13.7. The number of amides is 1. The van der Waals surface area contributed by atoms with Gasteiger partial charge in [-0.05, 0) is 32.9 Å². The number of nitrogens with two attached hydrogens (primary N) is 1. The molecule has 1 fully saturated rings. The van der Waals surface area contributed by atoms with Crippen LogP contribution >= 0.6 is 11.8 Å². The molecular formula is C17H22N2OS. The summed E-state index contributed by atoms with van der Waals surface area (Å²) in [6.07, 6.45) is 0. The predicted molar refractivity (Wildman–Crippen MR) is 89.6 cm³/mol.